The molecule has 1 amide bonds. The van der Waals surface area contributed by atoms with Crippen LogP contribution in [-0.2, 0) is 39.4 Å². The molecule has 0 unspecified atom stereocenters. The van der Waals surface area contributed by atoms with Crippen molar-refractivity contribution < 1.29 is 63.4 Å². The predicted octanol–water partition coefficient (Wildman–Crippen LogP) is 8.52. The Morgan fingerprint density at radius 1 is 0.886 bits per heavy atom. The van der Waals surface area contributed by atoms with Crippen molar-refractivity contribution in [2.75, 3.05) is 12.2 Å². The van der Waals surface area contributed by atoms with E-state index in [0.29, 0.717) is 31.0 Å². The van der Waals surface area contributed by atoms with Crippen molar-refractivity contribution >= 4 is 17.9 Å². The van der Waals surface area contributed by atoms with Crippen molar-refractivity contribution in [2.24, 2.45) is 5.92 Å². The van der Waals surface area contributed by atoms with Crippen LogP contribution in [0.2, 0.25) is 0 Å². The van der Waals surface area contributed by atoms with E-state index >= 15 is 0 Å². The van der Waals surface area contributed by atoms with Gasteiger partial charge in [0.05, 0.1) is 47.7 Å². The van der Waals surface area contributed by atoms with Crippen LogP contribution in [0.5, 0.6) is 0 Å². The van der Waals surface area contributed by atoms with Crippen LogP contribution < -0.4 is 5.06 Å². The summed E-state index contributed by atoms with van der Waals surface area (Å²) >= 11 is 0. The van der Waals surface area contributed by atoms with Gasteiger partial charge in [0.15, 0.2) is 0 Å². The first kappa shape index (κ1) is 33.1. The number of ether oxygens (including phenoxy) is 2. The van der Waals surface area contributed by atoms with Crippen LogP contribution in [0.25, 0.3) is 0 Å². The minimum Gasteiger partial charge on any atom is -0.453 e. The molecule has 1 saturated carbocycles. The van der Waals surface area contributed by atoms with Gasteiger partial charge in [-0.25, -0.2) is 9.59 Å². The van der Waals surface area contributed by atoms with Gasteiger partial charge < -0.3 is 14.3 Å². The van der Waals surface area contributed by atoms with Gasteiger partial charge in [-0.1, -0.05) is 0 Å². The van der Waals surface area contributed by atoms with Gasteiger partial charge >= 0.3 is 30.8 Å². The molecular formula is C28H27F9N2O5. The van der Waals surface area contributed by atoms with Crippen LogP contribution in [0.4, 0.5) is 54.8 Å². The number of nitrogens with zero attached hydrogens (tertiary/aromatic N) is 2. The molecular weight excluding hydrogens is 615 g/mol. The molecule has 1 aliphatic carbocycles. The number of benzene rings is 2. The summed E-state index contributed by atoms with van der Waals surface area (Å²) in [5.41, 5.74) is -5.29. The lowest BCUT2D eigenvalue weighted by Gasteiger charge is -2.44. The number of amides is 1. The number of anilines is 1. The maximum atomic E-state index is 13.8. The molecule has 2 aromatic rings. The van der Waals surface area contributed by atoms with Crippen molar-refractivity contribution in [3.8, 4) is 0 Å². The molecule has 0 saturated heterocycles. The van der Waals surface area contributed by atoms with Crippen LogP contribution in [0, 0.1) is 5.92 Å². The Morgan fingerprint density at radius 3 is 1.93 bits per heavy atom. The van der Waals surface area contributed by atoms with E-state index < -0.39 is 77.8 Å². The normalized spacial score (nSPS) is 19.0. The molecule has 1 aliphatic heterocycles. The van der Waals surface area contributed by atoms with Crippen LogP contribution in [0.1, 0.15) is 67.0 Å². The lowest BCUT2D eigenvalue weighted by atomic mass is 9.87. The second-order valence-corrected chi connectivity index (χ2v) is 10.8. The minimum atomic E-state index is -5.18. The fourth-order valence-corrected chi connectivity index (χ4v) is 5.13. The Labute approximate surface area is 245 Å². The van der Waals surface area contributed by atoms with E-state index in [-0.39, 0.29) is 29.7 Å². The molecule has 0 aromatic heterocycles. The summed E-state index contributed by atoms with van der Waals surface area (Å²) in [6.07, 6.45) is -17.1. The Morgan fingerprint density at radius 2 is 1.45 bits per heavy atom. The van der Waals surface area contributed by atoms with Gasteiger partial charge in [-0.2, -0.15) is 44.6 Å². The highest BCUT2D eigenvalue weighted by Gasteiger charge is 2.47. The minimum absolute atomic E-state index is 0.0687. The number of carbonyl (C=O) groups excluding carboxylic acids is 2. The standard InChI is InChI=1S/C28H27F9N2O5/c1-14(2)43-25(41)44-39-21-7-6-17(26(29,30)31)11-20(21)23(12-22(39)16-4-5-16)38(24(40)42-3)13-15-8-18(27(32,33)34)10-19(9-15)28(35,36)37/h6-11,14,16,22-23H,4-5,12-13H2,1-3H3/t22-,23-/m0/s1. The first-order chi connectivity index (χ1) is 20.3. The van der Waals surface area contributed by atoms with Gasteiger partial charge in [0, 0.05) is 12.1 Å². The van der Waals surface area contributed by atoms with E-state index in [1.807, 2.05) is 0 Å². The zero-order valence-electron chi connectivity index (χ0n) is 23.4. The summed E-state index contributed by atoms with van der Waals surface area (Å²) in [6, 6.07) is 1.14. The zero-order chi connectivity index (χ0) is 32.8. The van der Waals surface area contributed by atoms with Crippen molar-refractivity contribution in [1.82, 2.24) is 4.90 Å². The Balaban J connectivity index is 1.86. The number of fused-ring (bicyclic) bond motifs is 1. The van der Waals surface area contributed by atoms with E-state index in [0.717, 1.165) is 29.2 Å². The molecule has 1 heterocycles. The fourth-order valence-electron chi connectivity index (χ4n) is 5.13. The number of carbonyl (C=O) groups is 2. The summed E-state index contributed by atoms with van der Waals surface area (Å²) in [7, 11) is 0.911. The molecule has 16 heteroatoms. The van der Waals surface area contributed by atoms with Crippen LogP contribution in [0.3, 0.4) is 0 Å². The number of methoxy groups -OCH3 is 1. The van der Waals surface area contributed by atoms with Gasteiger partial charge in [-0.15, -0.1) is 0 Å². The fraction of sp³-hybridized carbons (Fsp3) is 0.500. The third-order valence-corrected chi connectivity index (χ3v) is 7.17. The van der Waals surface area contributed by atoms with Crippen LogP contribution in [-0.4, -0.2) is 36.4 Å². The van der Waals surface area contributed by atoms with Crippen LogP contribution in [0.15, 0.2) is 36.4 Å². The number of hydrogen-bond acceptors (Lipinski definition) is 6. The predicted molar refractivity (Wildman–Crippen MR) is 135 cm³/mol. The summed E-state index contributed by atoms with van der Waals surface area (Å²) < 4.78 is 132. The molecule has 2 aromatic carbocycles. The monoisotopic (exact) mass is 642 g/mol. The van der Waals surface area contributed by atoms with Gasteiger partial charge in [-0.3, -0.25) is 4.90 Å². The molecule has 2 atom stereocenters. The quantitative estimate of drug-likeness (QED) is 0.233. The molecule has 242 valence electrons. The highest BCUT2D eigenvalue weighted by Crippen LogP contribution is 2.50. The van der Waals surface area contributed by atoms with Crippen molar-refractivity contribution in [3.63, 3.8) is 0 Å². The highest BCUT2D eigenvalue weighted by atomic mass is 19.4. The zero-order valence-corrected chi connectivity index (χ0v) is 23.4. The third kappa shape index (κ3) is 7.44. The summed E-state index contributed by atoms with van der Waals surface area (Å²) in [5, 5.41) is 1.09. The third-order valence-electron chi connectivity index (χ3n) is 7.17. The second-order valence-electron chi connectivity index (χ2n) is 10.8. The molecule has 44 heavy (non-hydrogen) atoms. The highest BCUT2D eigenvalue weighted by molar-refractivity contribution is 5.71. The number of rotatable bonds is 6. The maximum absolute atomic E-state index is 13.8. The van der Waals surface area contributed by atoms with Crippen LogP contribution >= 0.6 is 0 Å². The lowest BCUT2D eigenvalue weighted by Crippen LogP contribution is -2.48. The Bertz CT molecular complexity index is 1350. The summed E-state index contributed by atoms with van der Waals surface area (Å²) in [5.74, 6) is -0.162. The first-order valence-corrected chi connectivity index (χ1v) is 13.3. The molecule has 7 nitrogen and oxygen atoms in total. The molecule has 2 aliphatic rings. The average Bonchev–Trinajstić information content (AvgIpc) is 3.75. The van der Waals surface area contributed by atoms with E-state index in [9.17, 15) is 49.1 Å². The molecule has 4 rings (SSSR count). The second kappa shape index (κ2) is 11.9. The van der Waals surface area contributed by atoms with E-state index in [1.54, 1.807) is 13.8 Å². The molecule has 0 spiro atoms. The van der Waals surface area contributed by atoms with Gasteiger partial charge in [0.1, 0.15) is 0 Å². The lowest BCUT2D eigenvalue weighted by molar-refractivity contribution is -0.143. The van der Waals surface area contributed by atoms with Gasteiger partial charge in [0.2, 0.25) is 0 Å². The largest absolute Gasteiger partial charge is 0.533 e. The SMILES string of the molecule is COC(=O)N(Cc1cc(C(F)(F)F)cc(C(F)(F)F)c1)[C@H]1C[C@@H](C2CC2)N(OC(=O)OC(C)C)c2ccc(C(F)(F)F)cc21. The maximum Gasteiger partial charge on any atom is 0.533 e. The van der Waals surface area contributed by atoms with Gasteiger partial charge in [0.25, 0.3) is 0 Å². The topological polar surface area (TPSA) is 68.3 Å². The Hall–Kier alpha value is -3.85. The number of halogens is 9. The molecule has 0 N–H and O–H groups in total. The number of hydrogen-bond donors (Lipinski definition) is 0. The van der Waals surface area contributed by atoms with Crippen molar-refractivity contribution in [1.29, 1.82) is 0 Å². The number of hydroxylamine groups is 1. The molecule has 0 radical (unpaired) electrons. The van der Waals surface area contributed by atoms with E-state index in [2.05, 4.69) is 0 Å². The van der Waals surface area contributed by atoms with Crippen molar-refractivity contribution in [2.45, 2.75) is 76.4 Å². The van der Waals surface area contributed by atoms with Crippen molar-refractivity contribution in [3.05, 3.63) is 64.2 Å². The van der Waals surface area contributed by atoms with E-state index in [1.165, 1.54) is 0 Å². The van der Waals surface area contributed by atoms with E-state index in [4.69, 9.17) is 14.3 Å². The van der Waals surface area contributed by atoms with Gasteiger partial charge in [-0.05, 0) is 81.0 Å². The molecule has 1 fully saturated rings. The Kier molecular flexibility index (Phi) is 8.95. The molecule has 0 bridgehead atoms. The first-order valence-electron chi connectivity index (χ1n) is 13.3. The smallest absolute Gasteiger partial charge is 0.453 e. The summed E-state index contributed by atoms with van der Waals surface area (Å²) in [4.78, 5) is 31.7. The number of alkyl halides is 9. The average molecular weight is 643 g/mol. The summed E-state index contributed by atoms with van der Waals surface area (Å²) in [6.45, 7) is 2.21.